The number of anilines is 1. The maximum absolute atomic E-state index is 11.0. The number of piperidine rings is 1. The molecule has 102 valence electrons. The minimum absolute atomic E-state index is 0.157. The molecule has 0 aliphatic carbocycles. The average molecular weight is 260 g/mol. The SMILES string of the molecule is O=C(O)C1CCN(c2ccc3c(c2)CNCC3)CC1. The van der Waals surface area contributed by atoms with Crippen LogP contribution in [0.4, 0.5) is 5.69 Å². The van der Waals surface area contributed by atoms with Gasteiger partial charge in [0.05, 0.1) is 5.92 Å². The van der Waals surface area contributed by atoms with E-state index in [9.17, 15) is 4.79 Å². The number of aliphatic carboxylic acids is 1. The first kappa shape index (κ1) is 12.5. The van der Waals surface area contributed by atoms with Crippen LogP contribution in [0, 0.1) is 5.92 Å². The predicted molar refractivity (Wildman–Crippen MR) is 74.4 cm³/mol. The van der Waals surface area contributed by atoms with E-state index in [1.165, 1.54) is 16.8 Å². The fourth-order valence-electron chi connectivity index (χ4n) is 3.05. The quantitative estimate of drug-likeness (QED) is 0.848. The third-order valence-corrected chi connectivity index (χ3v) is 4.29. The standard InChI is InChI=1S/C15H20N2O2/c18-15(19)12-4-7-17(8-5-12)14-2-1-11-3-6-16-10-13(11)9-14/h1-2,9,12,16H,3-8,10H2,(H,18,19). The summed E-state index contributed by atoms with van der Waals surface area (Å²) in [6.07, 6.45) is 2.62. The molecule has 2 aliphatic heterocycles. The molecule has 0 aromatic heterocycles. The van der Waals surface area contributed by atoms with Gasteiger partial charge >= 0.3 is 5.97 Å². The molecule has 0 spiro atoms. The lowest BCUT2D eigenvalue weighted by Crippen LogP contribution is -2.36. The van der Waals surface area contributed by atoms with E-state index >= 15 is 0 Å². The van der Waals surface area contributed by atoms with Gasteiger partial charge in [0, 0.05) is 25.3 Å². The second kappa shape index (κ2) is 5.21. The number of carboxylic acid groups (broad SMARTS) is 1. The Morgan fingerprint density at radius 1 is 1.26 bits per heavy atom. The fraction of sp³-hybridized carbons (Fsp3) is 0.533. The van der Waals surface area contributed by atoms with Crippen molar-refractivity contribution in [2.75, 3.05) is 24.5 Å². The Balaban J connectivity index is 1.71. The van der Waals surface area contributed by atoms with Crippen molar-refractivity contribution in [1.82, 2.24) is 5.32 Å². The highest BCUT2D eigenvalue weighted by Crippen LogP contribution is 2.26. The maximum atomic E-state index is 11.0. The minimum Gasteiger partial charge on any atom is -0.481 e. The highest BCUT2D eigenvalue weighted by Gasteiger charge is 2.24. The number of carbonyl (C=O) groups is 1. The fourth-order valence-corrected chi connectivity index (χ4v) is 3.05. The van der Waals surface area contributed by atoms with Gasteiger partial charge in [-0.2, -0.15) is 0 Å². The number of fused-ring (bicyclic) bond motifs is 1. The topological polar surface area (TPSA) is 52.6 Å². The smallest absolute Gasteiger partial charge is 0.306 e. The molecule has 0 atom stereocenters. The zero-order chi connectivity index (χ0) is 13.2. The summed E-state index contributed by atoms with van der Waals surface area (Å²) in [7, 11) is 0. The molecule has 4 heteroatoms. The van der Waals surface area contributed by atoms with Gasteiger partial charge in [-0.25, -0.2) is 0 Å². The molecular formula is C15H20N2O2. The Bertz CT molecular complexity index is 479. The zero-order valence-electron chi connectivity index (χ0n) is 11.1. The summed E-state index contributed by atoms with van der Waals surface area (Å²) < 4.78 is 0. The lowest BCUT2D eigenvalue weighted by Gasteiger charge is -2.32. The maximum Gasteiger partial charge on any atom is 0.306 e. The third-order valence-electron chi connectivity index (χ3n) is 4.29. The van der Waals surface area contributed by atoms with Crippen LogP contribution < -0.4 is 10.2 Å². The molecule has 0 radical (unpaired) electrons. The highest BCUT2D eigenvalue weighted by molar-refractivity contribution is 5.70. The van der Waals surface area contributed by atoms with Gasteiger partial charge in [0.1, 0.15) is 0 Å². The van der Waals surface area contributed by atoms with Crippen molar-refractivity contribution in [1.29, 1.82) is 0 Å². The first-order valence-corrected chi connectivity index (χ1v) is 7.04. The van der Waals surface area contributed by atoms with Crippen LogP contribution in [-0.2, 0) is 17.8 Å². The number of hydrogen-bond donors (Lipinski definition) is 2. The number of benzene rings is 1. The molecular weight excluding hydrogens is 240 g/mol. The molecule has 0 saturated carbocycles. The molecule has 3 rings (SSSR count). The number of carboxylic acids is 1. The van der Waals surface area contributed by atoms with Crippen LogP contribution in [0.1, 0.15) is 24.0 Å². The van der Waals surface area contributed by atoms with Crippen LogP contribution >= 0.6 is 0 Å². The first-order valence-electron chi connectivity index (χ1n) is 7.04. The normalized spacial score (nSPS) is 20.1. The van der Waals surface area contributed by atoms with Crippen molar-refractivity contribution in [3.63, 3.8) is 0 Å². The van der Waals surface area contributed by atoms with E-state index in [1.54, 1.807) is 0 Å². The molecule has 1 saturated heterocycles. The van der Waals surface area contributed by atoms with E-state index in [0.717, 1.165) is 45.4 Å². The molecule has 2 heterocycles. The van der Waals surface area contributed by atoms with Crippen molar-refractivity contribution in [2.24, 2.45) is 5.92 Å². The van der Waals surface area contributed by atoms with Crippen molar-refractivity contribution in [3.05, 3.63) is 29.3 Å². The average Bonchev–Trinajstić information content (AvgIpc) is 2.47. The van der Waals surface area contributed by atoms with Gasteiger partial charge in [-0.05, 0) is 49.1 Å². The molecule has 2 N–H and O–H groups in total. The van der Waals surface area contributed by atoms with Gasteiger partial charge in [0.15, 0.2) is 0 Å². The predicted octanol–water partition coefficient (Wildman–Crippen LogP) is 1.63. The van der Waals surface area contributed by atoms with Crippen LogP contribution in [-0.4, -0.2) is 30.7 Å². The summed E-state index contributed by atoms with van der Waals surface area (Å²) in [5.41, 5.74) is 4.08. The minimum atomic E-state index is -0.644. The highest BCUT2D eigenvalue weighted by atomic mass is 16.4. The van der Waals surface area contributed by atoms with E-state index in [1.807, 2.05) is 0 Å². The van der Waals surface area contributed by atoms with E-state index < -0.39 is 5.97 Å². The van der Waals surface area contributed by atoms with Gasteiger partial charge in [0.25, 0.3) is 0 Å². The van der Waals surface area contributed by atoms with Crippen molar-refractivity contribution >= 4 is 11.7 Å². The molecule has 4 nitrogen and oxygen atoms in total. The molecule has 1 aromatic rings. The molecule has 0 bridgehead atoms. The molecule has 0 amide bonds. The van der Waals surface area contributed by atoms with Crippen molar-refractivity contribution in [3.8, 4) is 0 Å². The molecule has 1 aromatic carbocycles. The Hall–Kier alpha value is -1.55. The Labute approximate surface area is 113 Å². The van der Waals surface area contributed by atoms with E-state index in [-0.39, 0.29) is 5.92 Å². The summed E-state index contributed by atoms with van der Waals surface area (Å²) in [6, 6.07) is 6.68. The van der Waals surface area contributed by atoms with Crippen LogP contribution in [0.3, 0.4) is 0 Å². The van der Waals surface area contributed by atoms with Gasteiger partial charge in [-0.1, -0.05) is 6.07 Å². The number of hydrogen-bond acceptors (Lipinski definition) is 3. The number of rotatable bonds is 2. The van der Waals surface area contributed by atoms with E-state index in [4.69, 9.17) is 5.11 Å². The van der Waals surface area contributed by atoms with Gasteiger partial charge < -0.3 is 15.3 Å². The Morgan fingerprint density at radius 2 is 2.05 bits per heavy atom. The lowest BCUT2D eigenvalue weighted by molar-refractivity contribution is -0.142. The molecule has 1 fully saturated rings. The van der Waals surface area contributed by atoms with Crippen LogP contribution in [0.2, 0.25) is 0 Å². The van der Waals surface area contributed by atoms with Crippen LogP contribution in [0.25, 0.3) is 0 Å². The van der Waals surface area contributed by atoms with E-state index in [2.05, 4.69) is 28.4 Å². The lowest BCUT2D eigenvalue weighted by atomic mass is 9.95. The summed E-state index contributed by atoms with van der Waals surface area (Å²) in [4.78, 5) is 13.3. The molecule has 2 aliphatic rings. The number of nitrogens with zero attached hydrogens (tertiary/aromatic N) is 1. The second-order valence-corrected chi connectivity index (χ2v) is 5.48. The van der Waals surface area contributed by atoms with Crippen molar-refractivity contribution in [2.45, 2.75) is 25.8 Å². The summed E-state index contributed by atoms with van der Waals surface area (Å²) in [5.74, 6) is -0.801. The Morgan fingerprint density at radius 3 is 2.79 bits per heavy atom. The largest absolute Gasteiger partial charge is 0.481 e. The molecule has 0 unspecified atom stereocenters. The van der Waals surface area contributed by atoms with Crippen molar-refractivity contribution < 1.29 is 9.90 Å². The third kappa shape index (κ3) is 2.59. The van der Waals surface area contributed by atoms with Gasteiger partial charge in [0.2, 0.25) is 0 Å². The van der Waals surface area contributed by atoms with Crippen LogP contribution in [0.15, 0.2) is 18.2 Å². The first-order chi connectivity index (χ1) is 9.24. The molecule has 19 heavy (non-hydrogen) atoms. The van der Waals surface area contributed by atoms with Gasteiger partial charge in [-0.15, -0.1) is 0 Å². The number of nitrogens with one attached hydrogen (secondary N) is 1. The Kier molecular flexibility index (Phi) is 3.42. The van der Waals surface area contributed by atoms with Crippen LogP contribution in [0.5, 0.6) is 0 Å². The summed E-state index contributed by atoms with van der Waals surface area (Å²) in [6.45, 7) is 3.72. The van der Waals surface area contributed by atoms with Gasteiger partial charge in [-0.3, -0.25) is 4.79 Å². The van der Waals surface area contributed by atoms with E-state index in [0.29, 0.717) is 0 Å². The summed E-state index contributed by atoms with van der Waals surface area (Å²) in [5, 5.41) is 12.4. The summed E-state index contributed by atoms with van der Waals surface area (Å²) >= 11 is 0. The monoisotopic (exact) mass is 260 g/mol. The zero-order valence-corrected chi connectivity index (χ0v) is 11.1. The second-order valence-electron chi connectivity index (χ2n) is 5.48.